The summed E-state index contributed by atoms with van der Waals surface area (Å²) in [7, 11) is 1.30. The summed E-state index contributed by atoms with van der Waals surface area (Å²) < 4.78 is 23.0. The van der Waals surface area contributed by atoms with Gasteiger partial charge in [-0.3, -0.25) is 5.32 Å². The summed E-state index contributed by atoms with van der Waals surface area (Å²) in [6, 6.07) is 12.9. The minimum absolute atomic E-state index is 0.301. The fraction of sp³-hybridized carbons (Fsp3) is 0.118. The van der Waals surface area contributed by atoms with Gasteiger partial charge in [0.15, 0.2) is 0 Å². The highest BCUT2D eigenvalue weighted by molar-refractivity contribution is 5.85. The number of nitrogens with zero attached hydrogens (tertiary/aromatic N) is 2. The van der Waals surface area contributed by atoms with Crippen LogP contribution in [0.3, 0.4) is 0 Å². The van der Waals surface area contributed by atoms with Gasteiger partial charge in [0.05, 0.1) is 13.7 Å². The summed E-state index contributed by atoms with van der Waals surface area (Å²) in [5.41, 5.74) is 1.99. The standard InChI is InChI=1S/C17H15FN4O3/c1-24-17(23)20-14-4-2-3-13(9-14)19-10-15-21-22-16(25-15)11-5-7-12(18)8-6-11/h2-9,19H,10H2,1H3,(H,20,23). The van der Waals surface area contributed by atoms with Gasteiger partial charge in [0.25, 0.3) is 0 Å². The number of ether oxygens (including phenoxy) is 1. The molecule has 0 unspecified atom stereocenters. The molecule has 128 valence electrons. The summed E-state index contributed by atoms with van der Waals surface area (Å²) in [5, 5.41) is 13.6. The van der Waals surface area contributed by atoms with Gasteiger partial charge < -0.3 is 14.5 Å². The predicted octanol–water partition coefficient (Wildman–Crippen LogP) is 3.67. The molecule has 0 bridgehead atoms. The molecule has 7 nitrogen and oxygen atoms in total. The Balaban J connectivity index is 1.63. The van der Waals surface area contributed by atoms with E-state index in [2.05, 4.69) is 25.6 Å². The molecule has 0 atom stereocenters. The zero-order valence-corrected chi connectivity index (χ0v) is 13.3. The molecule has 0 radical (unpaired) electrons. The van der Waals surface area contributed by atoms with Gasteiger partial charge in [-0.2, -0.15) is 0 Å². The average Bonchev–Trinajstić information content (AvgIpc) is 3.10. The lowest BCUT2D eigenvalue weighted by Crippen LogP contribution is -2.11. The van der Waals surface area contributed by atoms with E-state index in [1.54, 1.807) is 30.3 Å². The first-order valence-electron chi connectivity index (χ1n) is 7.41. The maximum Gasteiger partial charge on any atom is 0.411 e. The predicted molar refractivity (Wildman–Crippen MR) is 89.5 cm³/mol. The second kappa shape index (κ2) is 7.43. The van der Waals surface area contributed by atoms with Crippen LogP contribution in [0.25, 0.3) is 11.5 Å². The van der Waals surface area contributed by atoms with E-state index in [9.17, 15) is 9.18 Å². The minimum atomic E-state index is -0.544. The normalized spacial score (nSPS) is 10.3. The summed E-state index contributed by atoms with van der Waals surface area (Å²) in [6.07, 6.45) is -0.544. The fourth-order valence-corrected chi connectivity index (χ4v) is 2.09. The van der Waals surface area contributed by atoms with Crippen LogP contribution in [-0.4, -0.2) is 23.4 Å². The number of amides is 1. The lowest BCUT2D eigenvalue weighted by atomic mass is 10.2. The van der Waals surface area contributed by atoms with Crippen LogP contribution in [0.2, 0.25) is 0 Å². The Labute approximate surface area is 142 Å². The Kier molecular flexibility index (Phi) is 4.89. The number of rotatable bonds is 5. The minimum Gasteiger partial charge on any atom is -0.453 e. The van der Waals surface area contributed by atoms with E-state index < -0.39 is 6.09 Å². The van der Waals surface area contributed by atoms with Crippen molar-refractivity contribution in [3.05, 3.63) is 60.2 Å². The lowest BCUT2D eigenvalue weighted by Gasteiger charge is -2.07. The quantitative estimate of drug-likeness (QED) is 0.735. The highest BCUT2D eigenvalue weighted by atomic mass is 19.1. The Morgan fingerprint density at radius 1 is 1.16 bits per heavy atom. The number of hydrogen-bond acceptors (Lipinski definition) is 6. The number of hydrogen-bond donors (Lipinski definition) is 2. The summed E-state index contributed by atoms with van der Waals surface area (Å²) in [6.45, 7) is 0.301. The number of halogens is 1. The highest BCUT2D eigenvalue weighted by Gasteiger charge is 2.09. The molecule has 0 aliphatic carbocycles. The third-order valence-electron chi connectivity index (χ3n) is 3.30. The SMILES string of the molecule is COC(=O)Nc1cccc(NCc2nnc(-c3ccc(F)cc3)o2)c1. The highest BCUT2D eigenvalue weighted by Crippen LogP contribution is 2.19. The van der Waals surface area contributed by atoms with Crippen LogP contribution in [0.5, 0.6) is 0 Å². The number of nitrogens with one attached hydrogen (secondary N) is 2. The number of methoxy groups -OCH3 is 1. The molecule has 2 aromatic carbocycles. The number of carbonyl (C=O) groups is 1. The Bertz CT molecular complexity index is 864. The molecule has 0 aliphatic heterocycles. The van der Waals surface area contributed by atoms with Crippen molar-refractivity contribution in [1.82, 2.24) is 10.2 Å². The zero-order chi connectivity index (χ0) is 17.6. The Morgan fingerprint density at radius 2 is 1.92 bits per heavy atom. The van der Waals surface area contributed by atoms with Gasteiger partial charge in [-0.05, 0) is 42.5 Å². The topological polar surface area (TPSA) is 89.3 Å². The van der Waals surface area contributed by atoms with Gasteiger partial charge in [-0.15, -0.1) is 10.2 Å². The first-order valence-corrected chi connectivity index (χ1v) is 7.41. The molecular formula is C17H15FN4O3. The number of anilines is 2. The van der Waals surface area contributed by atoms with Crippen molar-refractivity contribution in [1.29, 1.82) is 0 Å². The smallest absolute Gasteiger partial charge is 0.411 e. The summed E-state index contributed by atoms with van der Waals surface area (Å²) in [5.74, 6) is 0.370. The van der Waals surface area contributed by atoms with Gasteiger partial charge in [0.2, 0.25) is 11.8 Å². The van der Waals surface area contributed by atoms with Crippen LogP contribution >= 0.6 is 0 Å². The average molecular weight is 342 g/mol. The molecule has 1 amide bonds. The lowest BCUT2D eigenvalue weighted by molar-refractivity contribution is 0.187. The zero-order valence-electron chi connectivity index (χ0n) is 13.3. The van der Waals surface area contributed by atoms with Crippen molar-refractivity contribution in [3.8, 4) is 11.5 Å². The molecule has 0 spiro atoms. The van der Waals surface area contributed by atoms with Crippen LogP contribution in [0.15, 0.2) is 52.9 Å². The van der Waals surface area contributed by atoms with Crippen molar-refractivity contribution in [3.63, 3.8) is 0 Å². The molecule has 1 heterocycles. The van der Waals surface area contributed by atoms with Crippen molar-refractivity contribution < 1.29 is 18.3 Å². The van der Waals surface area contributed by atoms with Crippen molar-refractivity contribution >= 4 is 17.5 Å². The molecule has 2 N–H and O–H groups in total. The van der Waals surface area contributed by atoms with Gasteiger partial charge in [-0.1, -0.05) is 6.07 Å². The molecule has 0 aliphatic rings. The molecule has 0 fully saturated rings. The van der Waals surface area contributed by atoms with Gasteiger partial charge in [0.1, 0.15) is 5.82 Å². The molecule has 8 heteroatoms. The molecule has 25 heavy (non-hydrogen) atoms. The maximum atomic E-state index is 12.9. The second-order valence-electron chi connectivity index (χ2n) is 5.06. The van der Waals surface area contributed by atoms with Gasteiger partial charge in [-0.25, -0.2) is 9.18 Å². The monoisotopic (exact) mass is 342 g/mol. The first-order chi connectivity index (χ1) is 12.1. The fourth-order valence-electron chi connectivity index (χ4n) is 2.09. The van der Waals surface area contributed by atoms with Crippen molar-refractivity contribution in [2.75, 3.05) is 17.7 Å². The molecular weight excluding hydrogens is 327 g/mol. The van der Waals surface area contributed by atoms with E-state index in [4.69, 9.17) is 4.42 Å². The van der Waals surface area contributed by atoms with E-state index in [0.29, 0.717) is 29.6 Å². The van der Waals surface area contributed by atoms with Crippen LogP contribution in [0, 0.1) is 5.82 Å². The van der Waals surface area contributed by atoms with Crippen molar-refractivity contribution in [2.24, 2.45) is 0 Å². The largest absolute Gasteiger partial charge is 0.453 e. The van der Waals surface area contributed by atoms with Crippen LogP contribution in [0.1, 0.15) is 5.89 Å². The van der Waals surface area contributed by atoms with E-state index in [0.717, 1.165) is 5.69 Å². The van der Waals surface area contributed by atoms with E-state index in [1.165, 1.54) is 19.2 Å². The Hall–Kier alpha value is -3.42. The van der Waals surface area contributed by atoms with Crippen LogP contribution in [-0.2, 0) is 11.3 Å². The van der Waals surface area contributed by atoms with E-state index in [-0.39, 0.29) is 5.82 Å². The van der Waals surface area contributed by atoms with Crippen LogP contribution in [0.4, 0.5) is 20.6 Å². The molecule has 1 aromatic heterocycles. The summed E-state index contributed by atoms with van der Waals surface area (Å²) >= 11 is 0. The van der Waals surface area contributed by atoms with Gasteiger partial charge >= 0.3 is 6.09 Å². The molecule has 3 aromatic rings. The second-order valence-corrected chi connectivity index (χ2v) is 5.06. The maximum absolute atomic E-state index is 12.9. The van der Waals surface area contributed by atoms with Crippen LogP contribution < -0.4 is 10.6 Å². The first kappa shape index (κ1) is 16.4. The van der Waals surface area contributed by atoms with E-state index in [1.807, 2.05) is 6.07 Å². The molecule has 0 saturated heterocycles. The third kappa shape index (κ3) is 4.31. The number of carbonyl (C=O) groups excluding carboxylic acids is 1. The number of benzene rings is 2. The molecule has 3 rings (SSSR count). The van der Waals surface area contributed by atoms with Crippen molar-refractivity contribution in [2.45, 2.75) is 6.54 Å². The molecule has 0 saturated carbocycles. The van der Waals surface area contributed by atoms with Gasteiger partial charge in [0, 0.05) is 16.9 Å². The third-order valence-corrected chi connectivity index (χ3v) is 3.30. The van der Waals surface area contributed by atoms with E-state index >= 15 is 0 Å². The number of aromatic nitrogens is 2. The summed E-state index contributed by atoms with van der Waals surface area (Å²) in [4.78, 5) is 11.2. The Morgan fingerprint density at radius 3 is 2.68 bits per heavy atom.